The molecule has 24 heavy (non-hydrogen) atoms. The van der Waals surface area contributed by atoms with Crippen molar-refractivity contribution in [2.24, 2.45) is 5.92 Å². The molecule has 1 aromatic carbocycles. The van der Waals surface area contributed by atoms with Crippen molar-refractivity contribution in [2.75, 3.05) is 5.32 Å². The average Bonchev–Trinajstić information content (AvgIpc) is 3.31. The van der Waals surface area contributed by atoms with E-state index in [1.807, 2.05) is 6.07 Å². The molecule has 0 amide bonds. The molecule has 0 bridgehead atoms. The molecule has 9 heteroatoms. The first-order valence-electron chi connectivity index (χ1n) is 6.89. The highest BCUT2D eigenvalue weighted by Crippen LogP contribution is 2.37. The van der Waals surface area contributed by atoms with Crippen molar-refractivity contribution in [3.63, 3.8) is 0 Å². The number of rotatable bonds is 4. The maximum atomic E-state index is 12.5. The summed E-state index contributed by atoms with van der Waals surface area (Å²) < 4.78 is 49.0. The van der Waals surface area contributed by atoms with Gasteiger partial charge in [0.05, 0.1) is 11.2 Å². The van der Waals surface area contributed by atoms with E-state index in [2.05, 4.69) is 5.32 Å². The number of nitrogens with zero attached hydrogens (tertiary/aromatic N) is 1. The summed E-state index contributed by atoms with van der Waals surface area (Å²) in [5.74, 6) is -0.126. The van der Waals surface area contributed by atoms with Gasteiger partial charge in [0.2, 0.25) is 0 Å². The minimum absolute atomic E-state index is 0.00834. The van der Waals surface area contributed by atoms with Gasteiger partial charge in [0.15, 0.2) is 4.90 Å². The van der Waals surface area contributed by atoms with Gasteiger partial charge in [-0.2, -0.15) is 5.26 Å². The van der Waals surface area contributed by atoms with Crippen LogP contribution in [0, 0.1) is 24.2 Å². The molecule has 1 unspecified atom stereocenters. The van der Waals surface area contributed by atoms with Crippen molar-refractivity contribution >= 4 is 34.1 Å². The van der Waals surface area contributed by atoms with E-state index in [1.54, 1.807) is 0 Å². The minimum Gasteiger partial charge on any atom is -0.604 e. The van der Waals surface area contributed by atoms with Gasteiger partial charge in [-0.05, 0) is 38.0 Å². The van der Waals surface area contributed by atoms with Crippen LogP contribution in [0.25, 0.3) is 0 Å². The summed E-state index contributed by atoms with van der Waals surface area (Å²) in [5.41, 5.74) is -4.36. The van der Waals surface area contributed by atoms with E-state index >= 15 is 0 Å². The molecule has 2 N–H and O–H groups in total. The third-order valence-electron chi connectivity index (χ3n) is 3.40. The fraction of sp³-hybridized carbons (Fsp3) is 0.333. The van der Waals surface area contributed by atoms with Crippen LogP contribution in [-0.2, 0) is 11.2 Å². The van der Waals surface area contributed by atoms with Crippen LogP contribution in [0.2, 0.25) is 0 Å². The summed E-state index contributed by atoms with van der Waals surface area (Å²) in [6, 6.07) is 5.58. The summed E-state index contributed by atoms with van der Waals surface area (Å²) >= 11 is 1.96. The molecule has 0 aliphatic heterocycles. The fourth-order valence-corrected chi connectivity index (χ4v) is 3.10. The van der Waals surface area contributed by atoms with Crippen molar-refractivity contribution in [1.29, 1.82) is 5.26 Å². The van der Waals surface area contributed by atoms with E-state index in [0.29, 0.717) is 5.69 Å². The zero-order chi connectivity index (χ0) is 18.1. The van der Waals surface area contributed by atoms with Crippen LogP contribution >= 0.6 is 12.2 Å². The molecule has 1 aromatic rings. The summed E-state index contributed by atoms with van der Waals surface area (Å²) in [6.07, 6.45) is 1.58. The van der Waals surface area contributed by atoms with Crippen LogP contribution in [-0.4, -0.2) is 20.2 Å². The number of aliphatic hydroxyl groups is 1. The monoisotopic (exact) mass is 374 g/mol. The Labute approximate surface area is 145 Å². The van der Waals surface area contributed by atoms with Gasteiger partial charge in [-0.15, -0.1) is 13.2 Å². The first-order chi connectivity index (χ1) is 11.1. The standard InChI is InChI=1S/C15H13F3N2O2S2/c1-8-6-10(4-5-12(8)24(22)15(16,17)18)20-14(23)11(7-19)13(21)9-2-3-9/h4-6,9,21H,2-3H2,1H3,(H,20,23). The Morgan fingerprint density at radius 1 is 1.46 bits per heavy atom. The third kappa shape index (κ3) is 4.20. The molecule has 4 nitrogen and oxygen atoms in total. The number of aliphatic hydroxyl groups excluding tert-OH is 1. The molecular weight excluding hydrogens is 361 g/mol. The number of hydrogen-bond acceptors (Lipinski definition) is 4. The van der Waals surface area contributed by atoms with Crippen molar-refractivity contribution in [1.82, 2.24) is 0 Å². The molecule has 128 valence electrons. The van der Waals surface area contributed by atoms with E-state index in [9.17, 15) is 22.8 Å². The Kier molecular flexibility index (Phi) is 5.42. The molecule has 0 radical (unpaired) electrons. The normalized spacial score (nSPS) is 16.8. The molecule has 1 saturated carbocycles. The van der Waals surface area contributed by atoms with Gasteiger partial charge < -0.3 is 15.0 Å². The van der Waals surface area contributed by atoms with Crippen LogP contribution in [0.3, 0.4) is 0 Å². The lowest BCUT2D eigenvalue weighted by molar-refractivity contribution is -0.0435. The number of nitriles is 1. The molecule has 0 saturated heterocycles. The molecule has 0 spiro atoms. The number of aryl methyl sites for hydroxylation is 1. The molecule has 0 aromatic heterocycles. The zero-order valence-electron chi connectivity index (χ0n) is 12.5. The third-order valence-corrected chi connectivity index (χ3v) is 4.99. The van der Waals surface area contributed by atoms with Crippen LogP contribution in [0.1, 0.15) is 18.4 Å². The molecule has 0 heterocycles. The summed E-state index contributed by atoms with van der Waals surface area (Å²) in [4.78, 5) is -0.346. The summed E-state index contributed by atoms with van der Waals surface area (Å²) in [6.45, 7) is 1.40. The fourth-order valence-electron chi connectivity index (χ4n) is 2.04. The lowest BCUT2D eigenvalue weighted by Crippen LogP contribution is -2.24. The smallest absolute Gasteiger partial charge is 0.578 e. The maximum absolute atomic E-state index is 12.5. The number of anilines is 1. The van der Waals surface area contributed by atoms with Gasteiger partial charge >= 0.3 is 5.51 Å². The molecular formula is C15H13F3N2O2S2. The largest absolute Gasteiger partial charge is 0.604 e. The van der Waals surface area contributed by atoms with E-state index in [-0.39, 0.29) is 32.7 Å². The lowest BCUT2D eigenvalue weighted by atomic mass is 10.1. The first kappa shape index (κ1) is 18.6. The predicted molar refractivity (Wildman–Crippen MR) is 87.9 cm³/mol. The lowest BCUT2D eigenvalue weighted by Gasteiger charge is -2.15. The van der Waals surface area contributed by atoms with E-state index < -0.39 is 16.7 Å². The predicted octanol–water partition coefficient (Wildman–Crippen LogP) is 4.11. The number of benzene rings is 1. The van der Waals surface area contributed by atoms with Gasteiger partial charge in [-0.3, -0.25) is 0 Å². The Hall–Kier alpha value is -1.76. The summed E-state index contributed by atoms with van der Waals surface area (Å²) in [5, 5.41) is 21.8. The number of hydrogen-bond donors (Lipinski definition) is 2. The Morgan fingerprint density at radius 3 is 2.54 bits per heavy atom. The Balaban J connectivity index is 2.19. The van der Waals surface area contributed by atoms with Crippen molar-refractivity contribution in [2.45, 2.75) is 30.2 Å². The second-order valence-electron chi connectivity index (χ2n) is 5.30. The van der Waals surface area contributed by atoms with Crippen LogP contribution < -0.4 is 5.32 Å². The number of thiocarbonyl (C=S) groups is 1. The molecule has 1 aliphatic carbocycles. The highest BCUT2D eigenvalue weighted by Gasteiger charge is 2.46. The number of nitrogens with one attached hydrogen (secondary N) is 1. The number of alkyl halides is 3. The highest BCUT2D eigenvalue weighted by molar-refractivity contribution is 7.92. The van der Waals surface area contributed by atoms with Crippen LogP contribution in [0.5, 0.6) is 0 Å². The SMILES string of the molecule is Cc1cc(NC(=S)C(C#N)=C(O)C2CC2)ccc1[S+]([O-])C(F)(F)F. The quantitative estimate of drug-likeness (QED) is 0.273. The van der Waals surface area contributed by atoms with Crippen molar-refractivity contribution in [3.05, 3.63) is 35.1 Å². The number of halogens is 3. The second-order valence-corrected chi connectivity index (χ2v) is 7.14. The van der Waals surface area contributed by atoms with Gasteiger partial charge in [0.1, 0.15) is 22.4 Å². The highest BCUT2D eigenvalue weighted by atomic mass is 32.2. The average molecular weight is 374 g/mol. The minimum atomic E-state index is -4.83. The topological polar surface area (TPSA) is 79.1 Å². The van der Waals surface area contributed by atoms with Crippen molar-refractivity contribution < 1.29 is 22.8 Å². The van der Waals surface area contributed by atoms with Gasteiger partial charge in [0, 0.05) is 17.2 Å². The first-order valence-corrected chi connectivity index (χ1v) is 8.44. The van der Waals surface area contributed by atoms with Gasteiger partial charge in [-0.25, -0.2) is 0 Å². The van der Waals surface area contributed by atoms with Gasteiger partial charge in [-0.1, -0.05) is 12.2 Å². The van der Waals surface area contributed by atoms with Crippen LogP contribution in [0.4, 0.5) is 18.9 Å². The maximum Gasteiger partial charge on any atom is 0.578 e. The van der Waals surface area contributed by atoms with Gasteiger partial charge in [0.25, 0.3) is 0 Å². The molecule has 1 atom stereocenters. The Bertz CT molecular complexity index is 737. The van der Waals surface area contributed by atoms with Crippen molar-refractivity contribution in [3.8, 4) is 6.07 Å². The van der Waals surface area contributed by atoms with E-state index in [4.69, 9.17) is 17.5 Å². The van der Waals surface area contributed by atoms with E-state index in [1.165, 1.54) is 19.1 Å². The van der Waals surface area contributed by atoms with Crippen LogP contribution in [0.15, 0.2) is 34.4 Å². The molecule has 2 rings (SSSR count). The van der Waals surface area contributed by atoms with E-state index in [0.717, 1.165) is 18.9 Å². The molecule has 1 fully saturated rings. The summed E-state index contributed by atoms with van der Waals surface area (Å²) in [7, 11) is 0. The Morgan fingerprint density at radius 2 is 2.08 bits per heavy atom. The number of allylic oxidation sites excluding steroid dienone is 1. The zero-order valence-corrected chi connectivity index (χ0v) is 14.1. The second kappa shape index (κ2) is 7.01. The molecule has 1 aliphatic rings.